The van der Waals surface area contributed by atoms with E-state index in [9.17, 15) is 9.59 Å². The largest absolute Gasteiger partial charge is 0.413 e. The summed E-state index contributed by atoms with van der Waals surface area (Å²) in [6, 6.07) is 19.4. The number of benzene rings is 2. The Morgan fingerprint density at radius 2 is 1.60 bits per heavy atom. The fourth-order valence-corrected chi connectivity index (χ4v) is 7.12. The lowest BCUT2D eigenvalue weighted by Crippen LogP contribution is -2.70. The summed E-state index contributed by atoms with van der Waals surface area (Å²) in [5, 5.41) is -0.588. The normalized spacial score (nSPS) is 21.1. The number of β-lactam (4-membered cyclic amide) rings is 1. The van der Waals surface area contributed by atoms with Gasteiger partial charge in [0.25, 0.3) is 0 Å². The Hall–Kier alpha value is -1.80. The van der Waals surface area contributed by atoms with Crippen molar-refractivity contribution in [2.75, 3.05) is 0 Å². The zero-order chi connectivity index (χ0) is 26.0. The number of aldehydes is 1. The number of hydrogen-bond acceptors (Lipinski definition) is 5. The number of carbonyl (C=O) groups excluding carboxylic acids is 2. The molecule has 0 aliphatic carbocycles. The first-order valence-corrected chi connectivity index (χ1v) is 16.3. The van der Waals surface area contributed by atoms with Gasteiger partial charge in [0.05, 0.1) is 18.1 Å². The van der Waals surface area contributed by atoms with Gasteiger partial charge in [0, 0.05) is 15.7 Å². The number of nitrogens with zero attached hydrogens (tertiary/aromatic N) is 1. The third-order valence-corrected chi connectivity index (χ3v) is 13.7. The van der Waals surface area contributed by atoms with Gasteiger partial charge in [-0.05, 0) is 42.8 Å². The SMILES string of the molecule is C[C@H](C(=S)c1ccccc1)[C@@H]1[C@@H]([C@@H](C)O[Si](C)(C)C(C)(C)C)C(=O)N1C(C=O)Sc1ccccc1. The number of carbonyl (C=O) groups is 2. The second kappa shape index (κ2) is 11.1. The highest BCUT2D eigenvalue weighted by Crippen LogP contribution is 2.44. The molecule has 1 unspecified atom stereocenters. The highest BCUT2D eigenvalue weighted by atomic mass is 32.2. The molecule has 0 spiro atoms. The molecule has 1 aliphatic rings. The number of thiocarbonyl (C=S) groups is 1. The maximum Gasteiger partial charge on any atom is 0.231 e. The van der Waals surface area contributed by atoms with Crippen molar-refractivity contribution in [3.05, 3.63) is 66.2 Å². The molecule has 1 fully saturated rings. The molecule has 1 aliphatic heterocycles. The van der Waals surface area contributed by atoms with Crippen molar-refractivity contribution < 1.29 is 14.0 Å². The minimum Gasteiger partial charge on any atom is -0.413 e. The van der Waals surface area contributed by atoms with Gasteiger partial charge < -0.3 is 14.1 Å². The van der Waals surface area contributed by atoms with Crippen LogP contribution < -0.4 is 0 Å². The van der Waals surface area contributed by atoms with Crippen LogP contribution in [0, 0.1) is 11.8 Å². The van der Waals surface area contributed by atoms with Gasteiger partial charge in [0.15, 0.2) is 14.6 Å². The molecule has 4 nitrogen and oxygen atoms in total. The quantitative estimate of drug-likeness (QED) is 0.0870. The molecule has 5 atom stereocenters. The summed E-state index contributed by atoms with van der Waals surface area (Å²) >= 11 is 7.30. The van der Waals surface area contributed by atoms with E-state index >= 15 is 0 Å². The van der Waals surface area contributed by atoms with Gasteiger partial charge in [-0.2, -0.15) is 0 Å². The number of amides is 1. The third kappa shape index (κ3) is 5.96. The first-order valence-electron chi connectivity index (χ1n) is 12.2. The van der Waals surface area contributed by atoms with Crippen LogP contribution in [0.15, 0.2) is 65.6 Å². The molecule has 1 amide bonds. The number of rotatable bonds is 10. The van der Waals surface area contributed by atoms with E-state index in [4.69, 9.17) is 16.6 Å². The third-order valence-electron chi connectivity index (χ3n) is 7.40. The van der Waals surface area contributed by atoms with Crippen LogP contribution in [0.1, 0.15) is 40.2 Å². The van der Waals surface area contributed by atoms with Crippen LogP contribution in [0.3, 0.4) is 0 Å². The van der Waals surface area contributed by atoms with Gasteiger partial charge in [0.1, 0.15) is 5.37 Å². The summed E-state index contributed by atoms with van der Waals surface area (Å²) in [5.74, 6) is -0.497. The minimum atomic E-state index is -2.10. The molecule has 0 radical (unpaired) electrons. The van der Waals surface area contributed by atoms with Gasteiger partial charge in [-0.25, -0.2) is 0 Å². The van der Waals surface area contributed by atoms with Crippen LogP contribution in [-0.2, 0) is 14.0 Å². The van der Waals surface area contributed by atoms with E-state index in [0.29, 0.717) is 0 Å². The summed E-state index contributed by atoms with van der Waals surface area (Å²) < 4.78 is 6.68. The van der Waals surface area contributed by atoms with E-state index in [0.717, 1.165) is 21.6 Å². The monoisotopic (exact) mass is 527 g/mol. The summed E-state index contributed by atoms with van der Waals surface area (Å²) in [7, 11) is -2.10. The molecule has 0 saturated carbocycles. The maximum atomic E-state index is 13.6. The van der Waals surface area contributed by atoms with Gasteiger partial charge in [-0.3, -0.25) is 4.79 Å². The highest BCUT2D eigenvalue weighted by molar-refractivity contribution is 8.00. The predicted molar refractivity (Wildman–Crippen MR) is 151 cm³/mol. The van der Waals surface area contributed by atoms with Crippen molar-refractivity contribution in [3.8, 4) is 0 Å². The van der Waals surface area contributed by atoms with Crippen molar-refractivity contribution in [3.63, 3.8) is 0 Å². The van der Waals surface area contributed by atoms with Crippen molar-refractivity contribution in [1.29, 1.82) is 0 Å². The van der Waals surface area contributed by atoms with E-state index in [-0.39, 0.29) is 34.9 Å². The standard InChI is InChI=1S/C28H37NO3S2Si/c1-19(26(33)21-14-10-8-11-15-21)25-24(20(2)32-35(6,7)28(3,4)5)27(31)29(25)23(18-30)34-22-16-12-9-13-17-22/h8-20,23-25H,1-7H3/t19-,20+,23?,24+,25+/m0/s1. The van der Waals surface area contributed by atoms with Crippen LogP contribution in [-0.4, -0.2) is 47.8 Å². The molecule has 3 rings (SSSR count). The second-order valence-corrected chi connectivity index (χ2v) is 17.2. The lowest BCUT2D eigenvalue weighted by atomic mass is 9.74. The molecule has 2 aromatic rings. The van der Waals surface area contributed by atoms with Gasteiger partial charge in [-0.15, -0.1) is 0 Å². The van der Waals surface area contributed by atoms with Crippen molar-refractivity contribution in [2.45, 2.75) is 75.2 Å². The molecule has 188 valence electrons. The summed E-state index contributed by atoms with van der Waals surface area (Å²) in [5.41, 5.74) is 0.976. The zero-order valence-corrected chi connectivity index (χ0v) is 24.4. The van der Waals surface area contributed by atoms with Crippen LogP contribution in [0.25, 0.3) is 0 Å². The van der Waals surface area contributed by atoms with Crippen LogP contribution in [0.2, 0.25) is 18.1 Å². The van der Waals surface area contributed by atoms with Crippen LogP contribution in [0.5, 0.6) is 0 Å². The summed E-state index contributed by atoms with van der Waals surface area (Å²) in [6.45, 7) is 15.1. The topological polar surface area (TPSA) is 46.6 Å². The smallest absolute Gasteiger partial charge is 0.231 e. The van der Waals surface area contributed by atoms with Crippen molar-refractivity contribution >= 4 is 49.4 Å². The first-order chi connectivity index (χ1) is 16.4. The lowest BCUT2D eigenvalue weighted by Gasteiger charge is -2.55. The van der Waals surface area contributed by atoms with E-state index < -0.39 is 13.7 Å². The van der Waals surface area contributed by atoms with Crippen LogP contribution >= 0.6 is 24.0 Å². The highest BCUT2D eigenvalue weighted by Gasteiger charge is 2.57. The van der Waals surface area contributed by atoms with Gasteiger partial charge >= 0.3 is 0 Å². The fourth-order valence-electron chi connectivity index (χ4n) is 4.41. The minimum absolute atomic E-state index is 0.0304. The van der Waals surface area contributed by atoms with Gasteiger partial charge in [0.2, 0.25) is 5.91 Å². The molecule has 7 heteroatoms. The average Bonchev–Trinajstić information content (AvgIpc) is 2.81. The molecule has 2 aromatic carbocycles. The molecular weight excluding hydrogens is 491 g/mol. The lowest BCUT2D eigenvalue weighted by molar-refractivity contribution is -0.167. The second-order valence-electron chi connectivity index (χ2n) is 10.8. The number of thioether (sulfide) groups is 1. The van der Waals surface area contributed by atoms with E-state index in [1.165, 1.54) is 11.8 Å². The Morgan fingerprint density at radius 3 is 2.11 bits per heavy atom. The first kappa shape index (κ1) is 27.8. The Bertz CT molecular complexity index is 1040. The molecule has 1 saturated heterocycles. The molecule has 1 heterocycles. The van der Waals surface area contributed by atoms with Crippen molar-refractivity contribution in [2.24, 2.45) is 11.8 Å². The molecule has 0 N–H and O–H groups in total. The molecule has 0 aromatic heterocycles. The summed E-state index contributed by atoms with van der Waals surface area (Å²) in [6.07, 6.45) is 0.607. The summed E-state index contributed by atoms with van der Waals surface area (Å²) in [4.78, 5) is 29.4. The Morgan fingerprint density at radius 1 is 1.06 bits per heavy atom. The Labute approximate surface area is 221 Å². The molecule has 35 heavy (non-hydrogen) atoms. The van der Waals surface area contributed by atoms with E-state index in [1.807, 2.05) is 67.6 Å². The molecule has 0 bridgehead atoms. The van der Waals surface area contributed by atoms with Crippen molar-refractivity contribution in [1.82, 2.24) is 4.90 Å². The Kier molecular flexibility index (Phi) is 8.79. The predicted octanol–water partition coefficient (Wildman–Crippen LogP) is 6.60. The van der Waals surface area contributed by atoms with Gasteiger partial charge in [-0.1, -0.05) is 100 Å². The maximum absolute atomic E-state index is 13.6. The fraction of sp³-hybridized carbons (Fsp3) is 0.464. The van der Waals surface area contributed by atoms with E-state index in [1.54, 1.807) is 4.90 Å². The zero-order valence-electron chi connectivity index (χ0n) is 21.7. The van der Waals surface area contributed by atoms with Crippen LogP contribution in [0.4, 0.5) is 0 Å². The number of hydrogen-bond donors (Lipinski definition) is 0. The average molecular weight is 528 g/mol. The molecular formula is C28H37NO3S2Si. The number of likely N-dealkylation sites (tertiary alicyclic amines) is 1. The Balaban J connectivity index is 1.93. The van der Waals surface area contributed by atoms with E-state index in [2.05, 4.69) is 40.8 Å².